The minimum atomic E-state index is -1.01. The van der Waals surface area contributed by atoms with E-state index in [9.17, 15) is 9.59 Å². The van der Waals surface area contributed by atoms with E-state index in [2.05, 4.69) is 5.32 Å². The number of carboxylic acid groups (broad SMARTS) is 1. The molecule has 0 fully saturated rings. The molecule has 17 heavy (non-hydrogen) atoms. The number of nitrogens with one attached hydrogen (secondary N) is 1. The average molecular weight is 244 g/mol. The molecule has 0 radical (unpaired) electrons. The van der Waals surface area contributed by atoms with Crippen LogP contribution in [0.1, 0.15) is 40.5 Å². The predicted octanol–water partition coefficient (Wildman–Crippen LogP) is 0.975. The van der Waals surface area contributed by atoms with Gasteiger partial charge in [0.05, 0.1) is 6.04 Å². The van der Waals surface area contributed by atoms with E-state index >= 15 is 0 Å². The number of carboxylic acids is 1. The number of carbonyl (C=O) groups is 2. The van der Waals surface area contributed by atoms with Gasteiger partial charge in [-0.25, -0.2) is 4.79 Å². The summed E-state index contributed by atoms with van der Waals surface area (Å²) in [7, 11) is 0. The molecule has 2 unspecified atom stereocenters. The minimum absolute atomic E-state index is 0.109. The molecular formula is C12H24N2O3. The van der Waals surface area contributed by atoms with Crippen LogP contribution in [0.25, 0.3) is 0 Å². The second-order valence-electron chi connectivity index (χ2n) is 4.95. The first kappa shape index (κ1) is 15.9. The van der Waals surface area contributed by atoms with Gasteiger partial charge in [-0.05, 0) is 18.3 Å². The Bertz CT molecular complexity index is 266. The summed E-state index contributed by atoms with van der Waals surface area (Å²) in [4.78, 5) is 22.7. The van der Waals surface area contributed by atoms with E-state index in [0.717, 1.165) is 0 Å². The molecule has 0 bridgehead atoms. The molecule has 1 amide bonds. The molecule has 0 aromatic carbocycles. The van der Waals surface area contributed by atoms with Gasteiger partial charge in [0.1, 0.15) is 6.04 Å². The molecule has 0 saturated carbocycles. The van der Waals surface area contributed by atoms with Crippen molar-refractivity contribution >= 4 is 11.9 Å². The van der Waals surface area contributed by atoms with Crippen molar-refractivity contribution in [2.24, 2.45) is 17.6 Å². The summed E-state index contributed by atoms with van der Waals surface area (Å²) in [5.74, 6) is -1.19. The van der Waals surface area contributed by atoms with Crippen molar-refractivity contribution in [2.75, 3.05) is 0 Å². The molecule has 0 aliphatic heterocycles. The Morgan fingerprint density at radius 3 is 2.18 bits per heavy atom. The summed E-state index contributed by atoms with van der Waals surface area (Å²) in [5, 5.41) is 11.5. The van der Waals surface area contributed by atoms with Crippen LogP contribution in [0.3, 0.4) is 0 Å². The van der Waals surface area contributed by atoms with Gasteiger partial charge in [-0.2, -0.15) is 0 Å². The average Bonchev–Trinajstić information content (AvgIpc) is 2.22. The first-order valence-corrected chi connectivity index (χ1v) is 6.08. The second kappa shape index (κ2) is 7.27. The molecule has 0 aliphatic carbocycles. The number of hydrogen-bond donors (Lipinski definition) is 3. The molecule has 0 aromatic heterocycles. The number of hydrogen-bond acceptors (Lipinski definition) is 3. The molecule has 0 aromatic rings. The molecule has 5 heteroatoms. The van der Waals surface area contributed by atoms with Crippen molar-refractivity contribution in [1.82, 2.24) is 5.32 Å². The van der Waals surface area contributed by atoms with Crippen LogP contribution >= 0.6 is 0 Å². The quantitative estimate of drug-likeness (QED) is 0.622. The van der Waals surface area contributed by atoms with Gasteiger partial charge in [-0.1, -0.05) is 34.1 Å². The minimum Gasteiger partial charge on any atom is -0.480 e. The second-order valence-corrected chi connectivity index (χ2v) is 4.95. The largest absolute Gasteiger partial charge is 0.480 e. The molecule has 0 aliphatic rings. The van der Waals surface area contributed by atoms with E-state index in [0.29, 0.717) is 18.8 Å². The third kappa shape index (κ3) is 5.68. The maximum Gasteiger partial charge on any atom is 0.326 e. The van der Waals surface area contributed by atoms with Crippen LogP contribution in [-0.2, 0) is 9.59 Å². The van der Waals surface area contributed by atoms with E-state index in [1.165, 1.54) is 0 Å². The standard InChI is InChI=1S/C12H24N2O3/c1-5-8(4)10(12(16)17)14-11(15)9(13)6-7(2)3/h7-10H,5-6,13H2,1-4H3,(H,14,15)(H,16,17)/t8?,9-,10?/m1/s1. The lowest BCUT2D eigenvalue weighted by Crippen LogP contribution is -2.51. The van der Waals surface area contributed by atoms with Crippen LogP contribution in [0, 0.1) is 11.8 Å². The van der Waals surface area contributed by atoms with Crippen molar-refractivity contribution in [1.29, 1.82) is 0 Å². The van der Waals surface area contributed by atoms with Crippen molar-refractivity contribution in [3.63, 3.8) is 0 Å². The molecule has 4 N–H and O–H groups in total. The molecule has 100 valence electrons. The van der Waals surface area contributed by atoms with Gasteiger partial charge in [-0.3, -0.25) is 4.79 Å². The highest BCUT2D eigenvalue weighted by Gasteiger charge is 2.27. The zero-order valence-electron chi connectivity index (χ0n) is 11.1. The summed E-state index contributed by atoms with van der Waals surface area (Å²) >= 11 is 0. The van der Waals surface area contributed by atoms with Crippen molar-refractivity contribution < 1.29 is 14.7 Å². The van der Waals surface area contributed by atoms with Crippen molar-refractivity contribution in [2.45, 2.75) is 52.6 Å². The Morgan fingerprint density at radius 2 is 1.82 bits per heavy atom. The highest BCUT2D eigenvalue weighted by Crippen LogP contribution is 2.09. The predicted molar refractivity (Wildman–Crippen MR) is 66.5 cm³/mol. The van der Waals surface area contributed by atoms with Crippen LogP contribution in [0.2, 0.25) is 0 Å². The number of carbonyl (C=O) groups excluding carboxylic acids is 1. The Hall–Kier alpha value is -1.10. The van der Waals surface area contributed by atoms with Gasteiger partial charge in [0, 0.05) is 0 Å². The fourth-order valence-corrected chi connectivity index (χ4v) is 1.56. The highest BCUT2D eigenvalue weighted by atomic mass is 16.4. The smallest absolute Gasteiger partial charge is 0.326 e. The van der Waals surface area contributed by atoms with Crippen LogP contribution in [-0.4, -0.2) is 29.1 Å². The maximum absolute atomic E-state index is 11.7. The Labute approximate surface area is 103 Å². The molecule has 5 nitrogen and oxygen atoms in total. The Morgan fingerprint density at radius 1 is 1.29 bits per heavy atom. The number of rotatable bonds is 7. The zero-order valence-corrected chi connectivity index (χ0v) is 11.1. The highest BCUT2D eigenvalue weighted by molar-refractivity contribution is 5.86. The first-order valence-electron chi connectivity index (χ1n) is 6.08. The van der Waals surface area contributed by atoms with Gasteiger partial charge in [0.2, 0.25) is 5.91 Å². The van der Waals surface area contributed by atoms with Gasteiger partial charge in [-0.15, -0.1) is 0 Å². The van der Waals surface area contributed by atoms with Gasteiger partial charge >= 0.3 is 5.97 Å². The van der Waals surface area contributed by atoms with Crippen molar-refractivity contribution in [3.8, 4) is 0 Å². The normalized spacial score (nSPS) is 16.4. The first-order chi connectivity index (χ1) is 7.79. The summed E-state index contributed by atoms with van der Waals surface area (Å²) < 4.78 is 0. The Kier molecular flexibility index (Phi) is 6.80. The molecule has 0 spiro atoms. The van der Waals surface area contributed by atoms with Gasteiger partial charge in [0.25, 0.3) is 0 Å². The summed E-state index contributed by atoms with van der Waals surface area (Å²) in [6.07, 6.45) is 1.25. The molecule has 0 heterocycles. The van der Waals surface area contributed by atoms with Gasteiger partial charge < -0.3 is 16.2 Å². The van der Waals surface area contributed by atoms with Crippen LogP contribution in [0.5, 0.6) is 0 Å². The van der Waals surface area contributed by atoms with Crippen LogP contribution in [0.15, 0.2) is 0 Å². The lowest BCUT2D eigenvalue weighted by Gasteiger charge is -2.22. The number of aliphatic carboxylic acids is 1. The Balaban J connectivity index is 4.45. The van der Waals surface area contributed by atoms with Crippen molar-refractivity contribution in [3.05, 3.63) is 0 Å². The van der Waals surface area contributed by atoms with Crippen LogP contribution in [0.4, 0.5) is 0 Å². The fraction of sp³-hybridized carbons (Fsp3) is 0.833. The molecular weight excluding hydrogens is 220 g/mol. The summed E-state index contributed by atoms with van der Waals surface area (Å²) in [6, 6.07) is -1.49. The van der Waals surface area contributed by atoms with E-state index in [-0.39, 0.29) is 11.8 Å². The molecule has 0 rings (SSSR count). The van der Waals surface area contributed by atoms with Gasteiger partial charge in [0.15, 0.2) is 0 Å². The topological polar surface area (TPSA) is 92.4 Å². The zero-order chi connectivity index (χ0) is 13.6. The SMILES string of the molecule is CCC(C)C(NC(=O)[C@H](N)CC(C)C)C(=O)O. The number of amides is 1. The van der Waals surface area contributed by atoms with Crippen LogP contribution < -0.4 is 11.1 Å². The molecule has 0 saturated heterocycles. The third-order valence-electron chi connectivity index (χ3n) is 2.84. The fourth-order valence-electron chi connectivity index (χ4n) is 1.56. The maximum atomic E-state index is 11.7. The monoisotopic (exact) mass is 244 g/mol. The van der Waals surface area contributed by atoms with E-state index in [1.54, 1.807) is 6.92 Å². The summed E-state index contributed by atoms with van der Waals surface area (Å²) in [5.41, 5.74) is 5.70. The lowest BCUT2D eigenvalue weighted by atomic mass is 9.98. The summed E-state index contributed by atoms with van der Waals surface area (Å²) in [6.45, 7) is 7.63. The molecule has 3 atom stereocenters. The van der Waals surface area contributed by atoms with E-state index in [4.69, 9.17) is 10.8 Å². The number of nitrogens with two attached hydrogens (primary N) is 1. The third-order valence-corrected chi connectivity index (χ3v) is 2.84. The van der Waals surface area contributed by atoms with E-state index in [1.807, 2.05) is 20.8 Å². The van der Waals surface area contributed by atoms with E-state index < -0.39 is 18.1 Å². The lowest BCUT2D eigenvalue weighted by molar-refractivity contribution is -0.143.